The van der Waals surface area contributed by atoms with Crippen molar-refractivity contribution in [2.45, 2.75) is 53.4 Å². The summed E-state index contributed by atoms with van der Waals surface area (Å²) in [7, 11) is 0. The molecule has 4 rings (SSSR count). The lowest BCUT2D eigenvalue weighted by atomic mass is 9.69. The Balaban J connectivity index is 1.67. The summed E-state index contributed by atoms with van der Waals surface area (Å²) in [5.74, 6) is 1.70. The molecule has 1 aliphatic rings. The fourth-order valence-electron chi connectivity index (χ4n) is 4.05. The number of hydrazone groups is 1. The van der Waals surface area contributed by atoms with Gasteiger partial charge in [0.2, 0.25) is 0 Å². The largest absolute Gasteiger partial charge is 0.508 e. The number of thiophene rings is 1. The summed E-state index contributed by atoms with van der Waals surface area (Å²) in [4.78, 5) is 11.5. The van der Waals surface area contributed by atoms with Crippen LogP contribution in [0.25, 0.3) is 10.2 Å². The number of anilines is 1. The molecule has 0 unspecified atom stereocenters. The van der Waals surface area contributed by atoms with Crippen LogP contribution in [0.4, 0.5) is 5.82 Å². The van der Waals surface area contributed by atoms with Gasteiger partial charge in [-0.2, -0.15) is 5.10 Å². The Morgan fingerprint density at radius 1 is 1.28 bits per heavy atom. The van der Waals surface area contributed by atoms with Gasteiger partial charge in [-0.1, -0.05) is 27.2 Å². The molecule has 1 aliphatic carbocycles. The minimum absolute atomic E-state index is 0.251. The number of nitrogens with one attached hydrogen (secondary N) is 1. The molecule has 0 radical (unpaired) electrons. The van der Waals surface area contributed by atoms with E-state index in [2.05, 4.69) is 41.3 Å². The number of fused-ring (bicyclic) bond motifs is 3. The number of benzene rings is 1. The molecule has 0 fully saturated rings. The predicted molar refractivity (Wildman–Crippen MR) is 121 cm³/mol. The summed E-state index contributed by atoms with van der Waals surface area (Å²) in [5.41, 5.74) is 6.72. The van der Waals surface area contributed by atoms with Crippen LogP contribution in [0.1, 0.15) is 56.5 Å². The number of hydrogen-bond acceptors (Lipinski definition) is 6. The van der Waals surface area contributed by atoms with Gasteiger partial charge < -0.3 is 5.11 Å². The highest BCUT2D eigenvalue weighted by Crippen LogP contribution is 2.45. The van der Waals surface area contributed by atoms with E-state index < -0.39 is 0 Å². The van der Waals surface area contributed by atoms with E-state index in [4.69, 9.17) is 0 Å². The normalized spacial score (nSPS) is 17.4. The van der Waals surface area contributed by atoms with Crippen molar-refractivity contribution >= 4 is 33.1 Å². The zero-order chi connectivity index (χ0) is 20.6. The Hall–Kier alpha value is -2.47. The van der Waals surface area contributed by atoms with Gasteiger partial charge in [0, 0.05) is 4.88 Å². The van der Waals surface area contributed by atoms with Crippen LogP contribution < -0.4 is 5.43 Å². The predicted octanol–water partition coefficient (Wildman–Crippen LogP) is 5.77. The molecular formula is C23H28N4OS. The van der Waals surface area contributed by atoms with Crippen LogP contribution in [0.5, 0.6) is 5.75 Å². The highest BCUT2D eigenvalue weighted by molar-refractivity contribution is 7.19. The summed E-state index contributed by atoms with van der Waals surface area (Å²) in [5, 5.41) is 15.2. The van der Waals surface area contributed by atoms with Crippen molar-refractivity contribution in [2.24, 2.45) is 16.4 Å². The number of rotatable bonds is 5. The maximum atomic E-state index is 9.48. The summed E-state index contributed by atoms with van der Waals surface area (Å²) in [6.45, 7) is 9.01. The van der Waals surface area contributed by atoms with Crippen molar-refractivity contribution in [1.82, 2.24) is 9.97 Å². The number of aryl methyl sites for hydroxylation is 1. The molecule has 2 heterocycles. The first kappa shape index (κ1) is 19.8. The Bertz CT molecular complexity index is 1050. The van der Waals surface area contributed by atoms with Gasteiger partial charge in [-0.25, -0.2) is 9.97 Å². The Labute approximate surface area is 175 Å². The van der Waals surface area contributed by atoms with E-state index in [1.54, 1.807) is 29.8 Å². The van der Waals surface area contributed by atoms with Gasteiger partial charge in [-0.15, -0.1) is 11.3 Å². The van der Waals surface area contributed by atoms with Gasteiger partial charge in [0.1, 0.15) is 16.9 Å². The van der Waals surface area contributed by atoms with Gasteiger partial charge in [0.15, 0.2) is 5.82 Å². The molecule has 1 atom stereocenters. The third-order valence-corrected chi connectivity index (χ3v) is 7.67. The van der Waals surface area contributed by atoms with Crippen LogP contribution in [0, 0.1) is 11.3 Å². The van der Waals surface area contributed by atoms with Crippen molar-refractivity contribution in [3.8, 4) is 5.75 Å². The maximum Gasteiger partial charge on any atom is 0.158 e. The minimum atomic E-state index is 0.251. The molecule has 2 aromatic heterocycles. The van der Waals surface area contributed by atoms with E-state index in [9.17, 15) is 5.11 Å². The van der Waals surface area contributed by atoms with Gasteiger partial charge in [-0.05, 0) is 72.9 Å². The van der Waals surface area contributed by atoms with Crippen LogP contribution in [-0.2, 0) is 12.8 Å². The third kappa shape index (κ3) is 3.86. The smallest absolute Gasteiger partial charge is 0.158 e. The zero-order valence-corrected chi connectivity index (χ0v) is 18.3. The van der Waals surface area contributed by atoms with Crippen molar-refractivity contribution < 1.29 is 5.11 Å². The fraction of sp³-hybridized carbons (Fsp3) is 0.435. The number of phenolic OH excluding ortho intramolecular Hbond substituents is 1. The average molecular weight is 409 g/mol. The summed E-state index contributed by atoms with van der Waals surface area (Å²) < 4.78 is 0. The molecule has 0 saturated carbocycles. The maximum absolute atomic E-state index is 9.48. The summed E-state index contributed by atoms with van der Waals surface area (Å²) in [6.07, 6.45) is 6.26. The SMILES string of the molecule is CCC(C)(C)[C@@H]1CCc2sc3ncnc(N/N=C(\C)c4ccc(O)cc4)c3c2C1. The molecule has 0 spiro atoms. The first-order valence-electron chi connectivity index (χ1n) is 10.2. The van der Waals surface area contributed by atoms with Crippen LogP contribution in [0.2, 0.25) is 0 Å². The molecule has 0 amide bonds. The van der Waals surface area contributed by atoms with Gasteiger partial charge in [-0.3, -0.25) is 5.43 Å². The Kier molecular flexibility index (Phi) is 5.30. The molecule has 6 heteroatoms. The van der Waals surface area contributed by atoms with Crippen LogP contribution in [0.15, 0.2) is 35.7 Å². The van der Waals surface area contributed by atoms with E-state index in [1.807, 2.05) is 19.1 Å². The molecule has 29 heavy (non-hydrogen) atoms. The quantitative estimate of drug-likeness (QED) is 0.415. The van der Waals surface area contributed by atoms with Crippen molar-refractivity contribution in [3.05, 3.63) is 46.6 Å². The second-order valence-corrected chi connectivity index (χ2v) is 9.63. The molecule has 1 aromatic carbocycles. The van der Waals surface area contributed by atoms with E-state index in [-0.39, 0.29) is 5.75 Å². The first-order valence-corrected chi connectivity index (χ1v) is 11.1. The number of hydrogen-bond donors (Lipinski definition) is 2. The first-order chi connectivity index (χ1) is 13.9. The Morgan fingerprint density at radius 2 is 2.03 bits per heavy atom. The highest BCUT2D eigenvalue weighted by Gasteiger charge is 2.33. The van der Waals surface area contributed by atoms with E-state index in [0.717, 1.165) is 40.2 Å². The number of phenols is 1. The average Bonchev–Trinajstić information content (AvgIpc) is 3.11. The number of aromatic hydroxyl groups is 1. The highest BCUT2D eigenvalue weighted by atomic mass is 32.1. The molecular weight excluding hydrogens is 380 g/mol. The van der Waals surface area contributed by atoms with E-state index >= 15 is 0 Å². The third-order valence-electron chi connectivity index (χ3n) is 6.47. The Morgan fingerprint density at radius 3 is 2.76 bits per heavy atom. The molecule has 3 aromatic rings. The molecule has 5 nitrogen and oxygen atoms in total. The zero-order valence-electron chi connectivity index (χ0n) is 17.5. The lowest BCUT2D eigenvalue weighted by Gasteiger charge is -2.36. The second kappa shape index (κ2) is 7.75. The second-order valence-electron chi connectivity index (χ2n) is 8.54. The van der Waals surface area contributed by atoms with Gasteiger partial charge in [0.25, 0.3) is 0 Å². The fourth-order valence-corrected chi connectivity index (χ4v) is 5.24. The van der Waals surface area contributed by atoms with Crippen LogP contribution in [0.3, 0.4) is 0 Å². The van der Waals surface area contributed by atoms with Crippen molar-refractivity contribution in [1.29, 1.82) is 0 Å². The van der Waals surface area contributed by atoms with Crippen LogP contribution in [-0.4, -0.2) is 20.8 Å². The lowest BCUT2D eigenvalue weighted by molar-refractivity contribution is 0.184. The summed E-state index contributed by atoms with van der Waals surface area (Å²) in [6, 6.07) is 7.05. The number of aromatic nitrogens is 2. The van der Waals surface area contributed by atoms with Gasteiger partial charge in [0.05, 0.1) is 11.1 Å². The molecule has 0 bridgehead atoms. The standard InChI is InChI=1S/C23H28N4OS/c1-5-23(3,4)16-8-11-19-18(12-16)20-21(24-13-25-22(20)29-19)27-26-14(2)15-6-9-17(28)10-7-15/h6-7,9-10,13,16,28H,5,8,11-12H2,1-4H3,(H,24,25,27)/b26-14+/t16-/m1/s1. The molecule has 0 aliphatic heterocycles. The molecule has 0 saturated heterocycles. The van der Waals surface area contributed by atoms with E-state index in [1.165, 1.54) is 23.3 Å². The van der Waals surface area contributed by atoms with Crippen LogP contribution >= 0.6 is 11.3 Å². The van der Waals surface area contributed by atoms with Gasteiger partial charge >= 0.3 is 0 Å². The minimum Gasteiger partial charge on any atom is -0.508 e. The number of nitrogens with zero attached hydrogens (tertiary/aromatic N) is 3. The topological polar surface area (TPSA) is 70.4 Å². The molecule has 2 N–H and O–H groups in total. The lowest BCUT2D eigenvalue weighted by Crippen LogP contribution is -2.28. The van der Waals surface area contributed by atoms with E-state index in [0.29, 0.717) is 11.3 Å². The molecule has 152 valence electrons. The van der Waals surface area contributed by atoms with Crippen molar-refractivity contribution in [3.63, 3.8) is 0 Å². The monoisotopic (exact) mass is 408 g/mol. The summed E-state index contributed by atoms with van der Waals surface area (Å²) >= 11 is 1.80. The van der Waals surface area contributed by atoms with Crippen molar-refractivity contribution in [2.75, 3.05) is 5.43 Å².